The standard InChI is InChI=1S/C9H14/c1-4-5-6-7-8-9(2)3/h4-5,7-8H,2,6H2,1,3H3/b5-4-,8-7-. The Morgan fingerprint density at radius 2 is 2.11 bits per heavy atom. The van der Waals surface area contributed by atoms with Gasteiger partial charge < -0.3 is 0 Å². The second kappa shape index (κ2) is 5.36. The van der Waals surface area contributed by atoms with Gasteiger partial charge in [-0.15, -0.1) is 0 Å². The van der Waals surface area contributed by atoms with Crippen molar-refractivity contribution in [3.05, 3.63) is 36.5 Å². The summed E-state index contributed by atoms with van der Waals surface area (Å²) < 4.78 is 0. The van der Waals surface area contributed by atoms with Gasteiger partial charge in [-0.25, -0.2) is 0 Å². The highest BCUT2D eigenvalue weighted by atomic mass is 13.8. The Labute approximate surface area is 57.6 Å². The van der Waals surface area contributed by atoms with Gasteiger partial charge in [-0.1, -0.05) is 36.5 Å². The molecular formula is C9H14. The smallest absolute Gasteiger partial charge is 0.0166 e. The van der Waals surface area contributed by atoms with E-state index in [1.807, 2.05) is 26.0 Å². The predicted octanol–water partition coefficient (Wildman–Crippen LogP) is 3.08. The van der Waals surface area contributed by atoms with E-state index < -0.39 is 0 Å². The fourth-order valence-electron chi connectivity index (χ4n) is 0.484. The molecule has 0 saturated carbocycles. The van der Waals surface area contributed by atoms with Crippen molar-refractivity contribution in [1.82, 2.24) is 0 Å². The average Bonchev–Trinajstić information content (AvgIpc) is 1.80. The van der Waals surface area contributed by atoms with E-state index >= 15 is 0 Å². The van der Waals surface area contributed by atoms with Gasteiger partial charge in [0, 0.05) is 0 Å². The minimum atomic E-state index is 1.02. The molecule has 0 aliphatic heterocycles. The van der Waals surface area contributed by atoms with Crippen LogP contribution in [0.2, 0.25) is 0 Å². The molecule has 0 atom stereocenters. The minimum Gasteiger partial charge on any atom is -0.0961 e. The van der Waals surface area contributed by atoms with E-state index in [1.165, 1.54) is 0 Å². The highest BCUT2D eigenvalue weighted by molar-refractivity contribution is 5.11. The first-order valence-corrected chi connectivity index (χ1v) is 3.20. The van der Waals surface area contributed by atoms with Gasteiger partial charge in [0.2, 0.25) is 0 Å². The van der Waals surface area contributed by atoms with Crippen molar-refractivity contribution in [1.29, 1.82) is 0 Å². The number of allylic oxidation sites excluding steroid dienone is 5. The van der Waals surface area contributed by atoms with Crippen molar-refractivity contribution in [3.8, 4) is 0 Å². The molecular weight excluding hydrogens is 108 g/mol. The molecule has 0 aromatic carbocycles. The van der Waals surface area contributed by atoms with E-state index in [9.17, 15) is 0 Å². The molecule has 0 aliphatic rings. The number of hydrogen-bond acceptors (Lipinski definition) is 0. The summed E-state index contributed by atoms with van der Waals surface area (Å²) in [6.45, 7) is 7.76. The Morgan fingerprint density at radius 1 is 1.44 bits per heavy atom. The van der Waals surface area contributed by atoms with Crippen LogP contribution in [0.5, 0.6) is 0 Å². The summed E-state index contributed by atoms with van der Waals surface area (Å²) in [7, 11) is 0. The zero-order valence-corrected chi connectivity index (χ0v) is 6.22. The highest BCUT2D eigenvalue weighted by Gasteiger charge is 1.70. The molecule has 0 heterocycles. The maximum Gasteiger partial charge on any atom is -0.0166 e. The third kappa shape index (κ3) is 7.22. The Hall–Kier alpha value is -0.780. The molecule has 0 N–H and O–H groups in total. The molecule has 0 rings (SSSR count). The topological polar surface area (TPSA) is 0 Å². The third-order valence-corrected chi connectivity index (χ3v) is 0.910. The first-order chi connectivity index (χ1) is 4.27. The Bertz CT molecular complexity index is 127. The highest BCUT2D eigenvalue weighted by Crippen LogP contribution is 1.91. The summed E-state index contributed by atoms with van der Waals surface area (Å²) in [4.78, 5) is 0. The zero-order valence-electron chi connectivity index (χ0n) is 6.22. The van der Waals surface area contributed by atoms with E-state index in [0.717, 1.165) is 12.0 Å². The second-order valence-corrected chi connectivity index (χ2v) is 2.05. The normalized spacial score (nSPS) is 11.3. The van der Waals surface area contributed by atoms with E-state index in [0.29, 0.717) is 0 Å². The van der Waals surface area contributed by atoms with Gasteiger partial charge in [0.25, 0.3) is 0 Å². The van der Waals surface area contributed by atoms with Crippen molar-refractivity contribution in [3.63, 3.8) is 0 Å². The summed E-state index contributed by atoms with van der Waals surface area (Å²) in [5, 5.41) is 0. The first kappa shape index (κ1) is 8.22. The maximum atomic E-state index is 3.74. The van der Waals surface area contributed by atoms with E-state index in [2.05, 4.69) is 18.7 Å². The molecule has 0 nitrogen and oxygen atoms in total. The van der Waals surface area contributed by atoms with Crippen LogP contribution in [0.4, 0.5) is 0 Å². The van der Waals surface area contributed by atoms with Gasteiger partial charge in [0.05, 0.1) is 0 Å². The fraction of sp³-hybridized carbons (Fsp3) is 0.333. The lowest BCUT2D eigenvalue weighted by Gasteiger charge is -1.82. The lowest BCUT2D eigenvalue weighted by atomic mass is 10.3. The quantitative estimate of drug-likeness (QED) is 0.398. The molecule has 0 saturated heterocycles. The van der Waals surface area contributed by atoms with Gasteiger partial charge >= 0.3 is 0 Å². The summed E-state index contributed by atoms with van der Waals surface area (Å²) in [6, 6.07) is 0. The molecule has 0 fully saturated rings. The van der Waals surface area contributed by atoms with Crippen LogP contribution in [0, 0.1) is 0 Å². The van der Waals surface area contributed by atoms with Crippen molar-refractivity contribution < 1.29 is 0 Å². The molecule has 0 aliphatic carbocycles. The molecule has 50 valence electrons. The molecule has 0 aromatic rings. The van der Waals surface area contributed by atoms with Gasteiger partial charge in [-0.3, -0.25) is 0 Å². The van der Waals surface area contributed by atoms with Crippen LogP contribution in [-0.4, -0.2) is 0 Å². The van der Waals surface area contributed by atoms with Crippen LogP contribution in [0.15, 0.2) is 36.5 Å². The van der Waals surface area contributed by atoms with E-state index in [4.69, 9.17) is 0 Å². The molecule has 0 bridgehead atoms. The largest absolute Gasteiger partial charge is 0.0961 e. The van der Waals surface area contributed by atoms with Crippen molar-refractivity contribution in [2.75, 3.05) is 0 Å². The minimum absolute atomic E-state index is 1.02. The van der Waals surface area contributed by atoms with Gasteiger partial charge in [-0.05, 0) is 20.3 Å². The molecule has 0 aromatic heterocycles. The first-order valence-electron chi connectivity index (χ1n) is 3.20. The molecule has 0 heteroatoms. The van der Waals surface area contributed by atoms with Crippen LogP contribution < -0.4 is 0 Å². The maximum absolute atomic E-state index is 3.74. The summed E-state index contributed by atoms with van der Waals surface area (Å²) in [6.07, 6.45) is 9.30. The zero-order chi connectivity index (χ0) is 7.11. The molecule has 9 heavy (non-hydrogen) atoms. The molecule has 0 amide bonds. The van der Waals surface area contributed by atoms with Gasteiger partial charge in [0.15, 0.2) is 0 Å². The second-order valence-electron chi connectivity index (χ2n) is 2.05. The van der Waals surface area contributed by atoms with Gasteiger partial charge in [-0.2, -0.15) is 0 Å². The number of hydrogen-bond donors (Lipinski definition) is 0. The lowest BCUT2D eigenvalue weighted by Crippen LogP contribution is -1.60. The summed E-state index contributed by atoms with van der Waals surface area (Å²) in [5.41, 5.74) is 1.11. The van der Waals surface area contributed by atoms with Crippen LogP contribution in [0.3, 0.4) is 0 Å². The van der Waals surface area contributed by atoms with Crippen molar-refractivity contribution >= 4 is 0 Å². The summed E-state index contributed by atoms with van der Waals surface area (Å²) in [5.74, 6) is 0. The molecule has 0 radical (unpaired) electrons. The van der Waals surface area contributed by atoms with Crippen LogP contribution >= 0.6 is 0 Å². The molecule has 0 spiro atoms. The summed E-state index contributed by atoms with van der Waals surface area (Å²) >= 11 is 0. The van der Waals surface area contributed by atoms with Crippen molar-refractivity contribution in [2.45, 2.75) is 20.3 Å². The third-order valence-electron chi connectivity index (χ3n) is 0.910. The Morgan fingerprint density at radius 3 is 2.56 bits per heavy atom. The predicted molar refractivity (Wildman–Crippen MR) is 43.4 cm³/mol. The van der Waals surface area contributed by atoms with E-state index in [1.54, 1.807) is 0 Å². The number of rotatable bonds is 3. The average molecular weight is 122 g/mol. The monoisotopic (exact) mass is 122 g/mol. The molecule has 0 unspecified atom stereocenters. The lowest BCUT2D eigenvalue weighted by molar-refractivity contribution is 1.36. The van der Waals surface area contributed by atoms with Crippen LogP contribution in [-0.2, 0) is 0 Å². The van der Waals surface area contributed by atoms with Crippen molar-refractivity contribution in [2.24, 2.45) is 0 Å². The Balaban J connectivity index is 3.36. The fourth-order valence-corrected chi connectivity index (χ4v) is 0.484. The SMILES string of the molecule is C=C(C)/C=C\C/C=C\C. The Kier molecular flexibility index (Phi) is 4.89. The van der Waals surface area contributed by atoms with E-state index in [-0.39, 0.29) is 0 Å². The van der Waals surface area contributed by atoms with Crippen LogP contribution in [0.25, 0.3) is 0 Å². The van der Waals surface area contributed by atoms with Crippen LogP contribution in [0.1, 0.15) is 20.3 Å². The van der Waals surface area contributed by atoms with Gasteiger partial charge in [0.1, 0.15) is 0 Å².